The summed E-state index contributed by atoms with van der Waals surface area (Å²) in [7, 11) is 0. The molecule has 5 heteroatoms. The minimum atomic E-state index is 0.551. The summed E-state index contributed by atoms with van der Waals surface area (Å²) in [6, 6.07) is 2.16. The fourth-order valence-electron chi connectivity index (χ4n) is 1.81. The standard InChI is InChI=1S/C12H14N4S/c1-9-3-5-16(6-4-9)11-10(7-13)8-14-12(15-11)17-2/h8H,1,3-6H2,2H3. The van der Waals surface area contributed by atoms with E-state index in [1.165, 1.54) is 17.3 Å². The van der Waals surface area contributed by atoms with Gasteiger partial charge in [-0.15, -0.1) is 0 Å². The number of nitrogens with zero attached hydrogens (tertiary/aromatic N) is 4. The molecular weight excluding hydrogens is 232 g/mol. The zero-order chi connectivity index (χ0) is 12.3. The van der Waals surface area contributed by atoms with Crippen LogP contribution in [-0.4, -0.2) is 29.3 Å². The Morgan fingerprint density at radius 2 is 2.18 bits per heavy atom. The molecule has 1 saturated heterocycles. The Hall–Kier alpha value is -1.54. The Bertz CT molecular complexity index is 468. The number of aromatic nitrogens is 2. The van der Waals surface area contributed by atoms with Gasteiger partial charge in [-0.2, -0.15) is 5.26 Å². The quantitative estimate of drug-likeness (QED) is 0.455. The second kappa shape index (κ2) is 5.19. The number of hydrogen-bond donors (Lipinski definition) is 0. The largest absolute Gasteiger partial charge is 0.355 e. The summed E-state index contributed by atoms with van der Waals surface area (Å²) in [4.78, 5) is 10.7. The average molecular weight is 246 g/mol. The molecule has 0 aromatic carbocycles. The third-order valence-corrected chi connectivity index (χ3v) is 3.38. The van der Waals surface area contributed by atoms with Crippen LogP contribution in [0.25, 0.3) is 0 Å². The topological polar surface area (TPSA) is 52.8 Å². The Morgan fingerprint density at radius 3 is 2.76 bits per heavy atom. The van der Waals surface area contributed by atoms with Gasteiger partial charge in [-0.05, 0) is 19.1 Å². The van der Waals surface area contributed by atoms with Crippen molar-refractivity contribution < 1.29 is 0 Å². The summed E-state index contributed by atoms with van der Waals surface area (Å²) in [5.74, 6) is 0.763. The predicted molar refractivity (Wildman–Crippen MR) is 69.1 cm³/mol. The van der Waals surface area contributed by atoms with Gasteiger partial charge in [0.05, 0.1) is 6.20 Å². The summed E-state index contributed by atoms with van der Waals surface area (Å²) < 4.78 is 0. The smallest absolute Gasteiger partial charge is 0.189 e. The molecule has 1 fully saturated rings. The van der Waals surface area contributed by atoms with Crippen LogP contribution in [0.5, 0.6) is 0 Å². The van der Waals surface area contributed by atoms with Gasteiger partial charge >= 0.3 is 0 Å². The average Bonchev–Trinajstić information content (AvgIpc) is 2.39. The van der Waals surface area contributed by atoms with Gasteiger partial charge in [-0.1, -0.05) is 23.9 Å². The van der Waals surface area contributed by atoms with Crippen molar-refractivity contribution in [3.05, 3.63) is 23.9 Å². The van der Waals surface area contributed by atoms with Crippen molar-refractivity contribution in [2.45, 2.75) is 18.0 Å². The van der Waals surface area contributed by atoms with Crippen molar-refractivity contribution >= 4 is 17.6 Å². The molecule has 0 N–H and O–H groups in total. The van der Waals surface area contributed by atoms with Crippen LogP contribution in [0, 0.1) is 11.3 Å². The highest BCUT2D eigenvalue weighted by atomic mass is 32.2. The van der Waals surface area contributed by atoms with E-state index >= 15 is 0 Å². The molecule has 0 unspecified atom stereocenters. The Balaban J connectivity index is 2.30. The van der Waals surface area contributed by atoms with E-state index < -0.39 is 0 Å². The molecule has 1 aromatic rings. The van der Waals surface area contributed by atoms with Gasteiger partial charge in [0.2, 0.25) is 0 Å². The lowest BCUT2D eigenvalue weighted by Gasteiger charge is -2.29. The van der Waals surface area contributed by atoms with Gasteiger partial charge in [-0.3, -0.25) is 0 Å². The number of thioether (sulfide) groups is 1. The SMILES string of the molecule is C=C1CCN(c2nc(SC)ncc2C#N)CC1. The first-order valence-corrected chi connectivity index (χ1v) is 6.70. The molecule has 2 heterocycles. The van der Waals surface area contributed by atoms with Crippen LogP contribution in [0.3, 0.4) is 0 Å². The van der Waals surface area contributed by atoms with E-state index in [-0.39, 0.29) is 0 Å². The first-order valence-electron chi connectivity index (χ1n) is 5.47. The highest BCUT2D eigenvalue weighted by Crippen LogP contribution is 2.24. The molecule has 1 aromatic heterocycles. The lowest BCUT2D eigenvalue weighted by Crippen LogP contribution is -2.31. The van der Waals surface area contributed by atoms with E-state index in [0.717, 1.165) is 31.7 Å². The van der Waals surface area contributed by atoms with Crippen LogP contribution in [-0.2, 0) is 0 Å². The fourth-order valence-corrected chi connectivity index (χ4v) is 2.15. The zero-order valence-corrected chi connectivity index (χ0v) is 10.6. The lowest BCUT2D eigenvalue weighted by atomic mass is 10.1. The number of rotatable bonds is 2. The number of anilines is 1. The van der Waals surface area contributed by atoms with E-state index in [1.807, 2.05) is 6.26 Å². The minimum absolute atomic E-state index is 0.551. The molecule has 0 radical (unpaired) electrons. The van der Waals surface area contributed by atoms with Crippen molar-refractivity contribution in [3.63, 3.8) is 0 Å². The zero-order valence-electron chi connectivity index (χ0n) is 9.81. The third kappa shape index (κ3) is 2.59. The van der Waals surface area contributed by atoms with Crippen LogP contribution >= 0.6 is 11.8 Å². The van der Waals surface area contributed by atoms with Crippen molar-refractivity contribution in [3.8, 4) is 6.07 Å². The van der Waals surface area contributed by atoms with E-state index in [9.17, 15) is 0 Å². The Morgan fingerprint density at radius 1 is 1.47 bits per heavy atom. The Kier molecular flexibility index (Phi) is 3.64. The van der Waals surface area contributed by atoms with Gasteiger partial charge in [-0.25, -0.2) is 9.97 Å². The highest BCUT2D eigenvalue weighted by Gasteiger charge is 2.18. The molecule has 17 heavy (non-hydrogen) atoms. The monoisotopic (exact) mass is 246 g/mol. The lowest BCUT2D eigenvalue weighted by molar-refractivity contribution is 0.672. The molecule has 0 amide bonds. The van der Waals surface area contributed by atoms with Crippen molar-refractivity contribution in [1.29, 1.82) is 5.26 Å². The van der Waals surface area contributed by atoms with Gasteiger partial charge in [0, 0.05) is 13.1 Å². The first-order chi connectivity index (χ1) is 8.24. The van der Waals surface area contributed by atoms with Crippen molar-refractivity contribution in [2.24, 2.45) is 0 Å². The molecule has 88 valence electrons. The summed E-state index contributed by atoms with van der Waals surface area (Å²) in [6.45, 7) is 5.76. The molecule has 0 atom stereocenters. The maximum Gasteiger partial charge on any atom is 0.189 e. The number of nitriles is 1. The van der Waals surface area contributed by atoms with E-state index in [0.29, 0.717) is 10.7 Å². The molecule has 0 saturated carbocycles. The van der Waals surface area contributed by atoms with Gasteiger partial charge in [0.15, 0.2) is 11.0 Å². The molecule has 1 aliphatic heterocycles. The summed E-state index contributed by atoms with van der Waals surface area (Å²) in [5.41, 5.74) is 1.83. The maximum absolute atomic E-state index is 9.08. The second-order valence-electron chi connectivity index (χ2n) is 3.94. The maximum atomic E-state index is 9.08. The third-order valence-electron chi connectivity index (χ3n) is 2.82. The molecule has 0 spiro atoms. The molecule has 0 bridgehead atoms. The molecule has 0 aliphatic carbocycles. The van der Waals surface area contributed by atoms with Crippen LogP contribution in [0.1, 0.15) is 18.4 Å². The van der Waals surface area contributed by atoms with Crippen LogP contribution < -0.4 is 4.90 Å². The summed E-state index contributed by atoms with van der Waals surface area (Å²) >= 11 is 1.49. The van der Waals surface area contributed by atoms with Crippen LogP contribution in [0.2, 0.25) is 0 Å². The van der Waals surface area contributed by atoms with Crippen molar-refractivity contribution in [2.75, 3.05) is 24.2 Å². The van der Waals surface area contributed by atoms with Gasteiger partial charge in [0.25, 0.3) is 0 Å². The Labute approximate surface area is 105 Å². The van der Waals surface area contributed by atoms with Crippen molar-refractivity contribution in [1.82, 2.24) is 9.97 Å². The van der Waals surface area contributed by atoms with Crippen LogP contribution in [0.15, 0.2) is 23.5 Å². The molecular formula is C12H14N4S. The number of hydrogen-bond acceptors (Lipinski definition) is 5. The van der Waals surface area contributed by atoms with Gasteiger partial charge in [0.1, 0.15) is 11.6 Å². The predicted octanol–water partition coefficient (Wildman–Crippen LogP) is 2.23. The van der Waals surface area contributed by atoms with Crippen LogP contribution in [0.4, 0.5) is 5.82 Å². The normalized spacial score (nSPS) is 15.8. The van der Waals surface area contributed by atoms with E-state index in [4.69, 9.17) is 5.26 Å². The summed E-state index contributed by atoms with van der Waals surface area (Å²) in [6.07, 6.45) is 5.49. The highest BCUT2D eigenvalue weighted by molar-refractivity contribution is 7.98. The molecule has 2 rings (SSSR count). The minimum Gasteiger partial charge on any atom is -0.355 e. The van der Waals surface area contributed by atoms with E-state index in [1.54, 1.807) is 6.20 Å². The number of piperidine rings is 1. The molecule has 4 nitrogen and oxygen atoms in total. The first kappa shape index (κ1) is 11.9. The van der Waals surface area contributed by atoms with Gasteiger partial charge < -0.3 is 4.90 Å². The van der Waals surface area contributed by atoms with E-state index in [2.05, 4.69) is 27.5 Å². The second-order valence-corrected chi connectivity index (χ2v) is 4.72. The fraction of sp³-hybridized carbons (Fsp3) is 0.417. The molecule has 1 aliphatic rings. The summed E-state index contributed by atoms with van der Waals surface area (Å²) in [5, 5.41) is 9.80.